The summed E-state index contributed by atoms with van der Waals surface area (Å²) < 4.78 is 0. The highest BCUT2D eigenvalue weighted by Crippen LogP contribution is 2.19. The van der Waals surface area contributed by atoms with Gasteiger partial charge in [0.25, 0.3) is 0 Å². The Morgan fingerprint density at radius 3 is 2.33 bits per heavy atom. The summed E-state index contributed by atoms with van der Waals surface area (Å²) in [5.41, 5.74) is 0. The van der Waals surface area contributed by atoms with Crippen molar-refractivity contribution in [2.45, 2.75) is 46.0 Å². The van der Waals surface area contributed by atoms with Crippen LogP contribution in [0.3, 0.4) is 0 Å². The highest BCUT2D eigenvalue weighted by Gasteiger charge is 2.27. The van der Waals surface area contributed by atoms with E-state index in [1.54, 1.807) is 0 Å². The predicted octanol–water partition coefficient (Wildman–Crippen LogP) is 1.25. The molecule has 0 bridgehead atoms. The first-order valence-corrected chi connectivity index (χ1v) is 7.70. The minimum absolute atomic E-state index is 0.00427. The van der Waals surface area contributed by atoms with Crippen molar-refractivity contribution in [3.8, 4) is 0 Å². The lowest BCUT2D eigenvalue weighted by Crippen LogP contribution is -2.44. The van der Waals surface area contributed by atoms with Crippen molar-refractivity contribution in [3.63, 3.8) is 0 Å². The quantitative estimate of drug-likeness (QED) is 0.693. The van der Waals surface area contributed by atoms with Crippen molar-refractivity contribution in [3.05, 3.63) is 0 Å². The first-order valence-electron chi connectivity index (χ1n) is 7.70. The maximum atomic E-state index is 12.0. The summed E-state index contributed by atoms with van der Waals surface area (Å²) in [5, 5.41) is 11.4. The van der Waals surface area contributed by atoms with E-state index in [0.29, 0.717) is 45.3 Å². The molecule has 1 aliphatic heterocycles. The van der Waals surface area contributed by atoms with Crippen molar-refractivity contribution < 1.29 is 19.5 Å². The number of hydrogen-bond acceptors (Lipinski definition) is 3. The van der Waals surface area contributed by atoms with E-state index in [4.69, 9.17) is 5.11 Å². The number of carbonyl (C=O) groups excluding carboxylic acids is 2. The van der Waals surface area contributed by atoms with Gasteiger partial charge in [0.1, 0.15) is 0 Å². The van der Waals surface area contributed by atoms with E-state index < -0.39 is 5.97 Å². The Bertz CT molecular complexity index is 374. The summed E-state index contributed by atoms with van der Waals surface area (Å²) in [4.78, 5) is 36.0. The summed E-state index contributed by atoms with van der Waals surface area (Å²) in [6.45, 7) is 5.59. The topological polar surface area (TPSA) is 86.7 Å². The minimum Gasteiger partial charge on any atom is -0.481 e. The highest BCUT2D eigenvalue weighted by molar-refractivity contribution is 5.80. The molecule has 0 aromatic carbocycles. The molecule has 0 aromatic rings. The average Bonchev–Trinajstić information content (AvgIpc) is 2.45. The predicted molar refractivity (Wildman–Crippen MR) is 78.6 cm³/mol. The first-order chi connectivity index (χ1) is 9.91. The molecule has 0 saturated carbocycles. The van der Waals surface area contributed by atoms with Crippen LogP contribution in [-0.4, -0.2) is 47.4 Å². The molecule has 0 unspecified atom stereocenters. The van der Waals surface area contributed by atoms with Gasteiger partial charge >= 0.3 is 5.97 Å². The number of amides is 2. The second kappa shape index (κ2) is 8.64. The van der Waals surface area contributed by atoms with Gasteiger partial charge in [-0.2, -0.15) is 0 Å². The van der Waals surface area contributed by atoms with Gasteiger partial charge in [0.15, 0.2) is 0 Å². The molecule has 120 valence electrons. The van der Waals surface area contributed by atoms with Gasteiger partial charge in [-0.15, -0.1) is 0 Å². The molecule has 0 aliphatic carbocycles. The molecule has 6 nitrogen and oxygen atoms in total. The molecule has 0 atom stereocenters. The van der Waals surface area contributed by atoms with E-state index in [9.17, 15) is 14.4 Å². The Hall–Kier alpha value is -1.59. The molecule has 2 N–H and O–H groups in total. The number of nitrogens with zero attached hydrogens (tertiary/aromatic N) is 1. The number of aliphatic carboxylic acids is 1. The summed E-state index contributed by atoms with van der Waals surface area (Å²) in [6, 6.07) is 0. The van der Waals surface area contributed by atoms with Crippen molar-refractivity contribution in [1.82, 2.24) is 10.2 Å². The fraction of sp³-hybridized carbons (Fsp3) is 0.800. The van der Waals surface area contributed by atoms with E-state index in [0.717, 1.165) is 0 Å². The van der Waals surface area contributed by atoms with E-state index in [1.807, 2.05) is 18.7 Å². The molecule has 1 fully saturated rings. The smallest absolute Gasteiger partial charge is 0.303 e. The number of likely N-dealkylation sites (tertiary alicyclic amines) is 1. The molecule has 0 radical (unpaired) electrons. The van der Waals surface area contributed by atoms with Gasteiger partial charge in [0, 0.05) is 37.9 Å². The molecule has 21 heavy (non-hydrogen) atoms. The van der Waals surface area contributed by atoms with Gasteiger partial charge in [-0.25, -0.2) is 0 Å². The Labute approximate surface area is 125 Å². The number of piperidine rings is 1. The number of rotatable bonds is 7. The molecule has 6 heteroatoms. The maximum absolute atomic E-state index is 12.0. The fourth-order valence-electron chi connectivity index (χ4n) is 2.48. The zero-order valence-electron chi connectivity index (χ0n) is 12.9. The molecule has 1 heterocycles. The zero-order chi connectivity index (χ0) is 15.8. The summed E-state index contributed by atoms with van der Waals surface area (Å²) >= 11 is 0. The number of nitrogens with one attached hydrogen (secondary N) is 1. The molecule has 1 rings (SSSR count). The van der Waals surface area contributed by atoms with E-state index >= 15 is 0 Å². The van der Waals surface area contributed by atoms with Gasteiger partial charge in [0.05, 0.1) is 0 Å². The lowest BCUT2D eigenvalue weighted by atomic mass is 9.95. The lowest BCUT2D eigenvalue weighted by molar-refractivity contribution is -0.138. The van der Waals surface area contributed by atoms with Crippen LogP contribution in [0.15, 0.2) is 0 Å². The van der Waals surface area contributed by atoms with Crippen LogP contribution in [0.1, 0.15) is 46.0 Å². The number of carboxylic acid groups (broad SMARTS) is 1. The van der Waals surface area contributed by atoms with Crippen molar-refractivity contribution >= 4 is 17.8 Å². The van der Waals surface area contributed by atoms with Crippen LogP contribution >= 0.6 is 0 Å². The summed E-state index contributed by atoms with van der Waals surface area (Å²) in [5.74, 6) is -0.640. The second-order valence-electron chi connectivity index (χ2n) is 5.90. The monoisotopic (exact) mass is 298 g/mol. The third kappa shape index (κ3) is 6.14. The summed E-state index contributed by atoms with van der Waals surface area (Å²) in [7, 11) is 0. The largest absolute Gasteiger partial charge is 0.481 e. The van der Waals surface area contributed by atoms with Crippen LogP contribution in [0, 0.1) is 11.8 Å². The highest BCUT2D eigenvalue weighted by atomic mass is 16.4. The van der Waals surface area contributed by atoms with E-state index in [1.165, 1.54) is 0 Å². The second-order valence-corrected chi connectivity index (χ2v) is 5.90. The van der Waals surface area contributed by atoms with Crippen molar-refractivity contribution in [2.75, 3.05) is 19.6 Å². The first kappa shape index (κ1) is 17.5. The van der Waals surface area contributed by atoms with E-state index in [2.05, 4.69) is 5.32 Å². The number of hydrogen-bond donors (Lipinski definition) is 2. The third-order valence-electron chi connectivity index (χ3n) is 3.79. The zero-order valence-corrected chi connectivity index (χ0v) is 12.9. The lowest BCUT2D eigenvalue weighted by Gasteiger charge is -2.32. The van der Waals surface area contributed by atoms with Crippen molar-refractivity contribution in [2.24, 2.45) is 11.8 Å². The van der Waals surface area contributed by atoms with E-state index in [-0.39, 0.29) is 30.1 Å². The van der Waals surface area contributed by atoms with Crippen LogP contribution < -0.4 is 5.32 Å². The van der Waals surface area contributed by atoms with Gasteiger partial charge in [0.2, 0.25) is 11.8 Å². The van der Waals surface area contributed by atoms with Gasteiger partial charge in [-0.1, -0.05) is 13.8 Å². The van der Waals surface area contributed by atoms with Crippen molar-refractivity contribution in [1.29, 1.82) is 0 Å². The Balaban J connectivity index is 2.20. The van der Waals surface area contributed by atoms with Gasteiger partial charge in [-0.3, -0.25) is 14.4 Å². The van der Waals surface area contributed by atoms with Crippen LogP contribution in [0.5, 0.6) is 0 Å². The fourth-order valence-corrected chi connectivity index (χ4v) is 2.48. The molecular formula is C15H26N2O4. The molecular weight excluding hydrogens is 272 g/mol. The Kier molecular flexibility index (Phi) is 7.19. The SMILES string of the molecule is CC(C)C(=O)N1CCC(C(=O)NCCCCC(=O)O)CC1. The molecule has 0 aromatic heterocycles. The standard InChI is InChI=1S/C15H26N2O4/c1-11(2)15(21)17-9-6-12(7-10-17)14(20)16-8-4-3-5-13(18)19/h11-12H,3-10H2,1-2H3,(H,16,20)(H,18,19). The van der Waals surface area contributed by atoms with Crippen LogP contribution in [0.2, 0.25) is 0 Å². The third-order valence-corrected chi connectivity index (χ3v) is 3.79. The van der Waals surface area contributed by atoms with Crippen LogP contribution in [0.4, 0.5) is 0 Å². The summed E-state index contributed by atoms with van der Waals surface area (Å²) in [6.07, 6.45) is 2.82. The average molecular weight is 298 g/mol. The molecule has 1 saturated heterocycles. The van der Waals surface area contributed by atoms with Crippen LogP contribution in [-0.2, 0) is 14.4 Å². The number of carboxylic acids is 1. The molecule has 0 spiro atoms. The Morgan fingerprint density at radius 1 is 1.19 bits per heavy atom. The Morgan fingerprint density at radius 2 is 1.81 bits per heavy atom. The molecule has 1 aliphatic rings. The maximum Gasteiger partial charge on any atom is 0.303 e. The number of unbranched alkanes of at least 4 members (excludes halogenated alkanes) is 1. The van der Waals surface area contributed by atoms with Gasteiger partial charge in [-0.05, 0) is 25.7 Å². The van der Waals surface area contributed by atoms with Gasteiger partial charge < -0.3 is 15.3 Å². The van der Waals surface area contributed by atoms with Crippen LogP contribution in [0.25, 0.3) is 0 Å². The minimum atomic E-state index is -0.802. The normalized spacial score (nSPS) is 16.0. The molecule has 2 amide bonds. The number of carbonyl (C=O) groups is 3.